The van der Waals surface area contributed by atoms with Gasteiger partial charge in [0.15, 0.2) is 11.5 Å². The summed E-state index contributed by atoms with van der Waals surface area (Å²) in [5.74, 6) is 1.32. The van der Waals surface area contributed by atoms with Gasteiger partial charge in [-0.1, -0.05) is 17.7 Å². The van der Waals surface area contributed by atoms with E-state index in [0.717, 1.165) is 24.9 Å². The topological polar surface area (TPSA) is 106 Å². The van der Waals surface area contributed by atoms with Crippen LogP contribution in [0.1, 0.15) is 18.4 Å². The van der Waals surface area contributed by atoms with Gasteiger partial charge in [-0.2, -0.15) is 0 Å². The van der Waals surface area contributed by atoms with Gasteiger partial charge in [-0.15, -0.1) is 0 Å². The normalized spacial score (nSPS) is 16.6. The molecule has 0 radical (unpaired) electrons. The number of anilines is 1. The van der Waals surface area contributed by atoms with Crippen molar-refractivity contribution in [3.05, 3.63) is 42.0 Å². The Balaban J connectivity index is 1.55. The quantitative estimate of drug-likeness (QED) is 0.526. The number of nitrogens with zero attached hydrogens (tertiary/aromatic N) is 1. The molecule has 1 atom stereocenters. The molecule has 0 bridgehead atoms. The number of rotatable bonds is 10. The van der Waals surface area contributed by atoms with E-state index < -0.39 is 10.0 Å². The molecule has 0 aliphatic carbocycles. The van der Waals surface area contributed by atoms with Crippen LogP contribution >= 0.6 is 0 Å². The Hall–Kier alpha value is -2.82. The molecule has 0 aromatic heterocycles. The molecule has 2 aromatic carbocycles. The first-order valence-corrected chi connectivity index (χ1v) is 12.6. The second kappa shape index (κ2) is 11.5. The molecule has 9 nitrogen and oxygen atoms in total. The van der Waals surface area contributed by atoms with E-state index in [-0.39, 0.29) is 23.3 Å². The number of hydrogen-bond donors (Lipinski definition) is 2. The molecule has 1 amide bonds. The van der Waals surface area contributed by atoms with Gasteiger partial charge in [0.05, 0.1) is 32.8 Å². The number of piperidine rings is 1. The smallest absolute Gasteiger partial charge is 0.240 e. The fraction of sp³-hybridized carbons (Fsp3) is 0.458. The number of nitrogens with one attached hydrogen (secondary N) is 2. The minimum Gasteiger partial charge on any atom is -0.493 e. The lowest BCUT2D eigenvalue weighted by Crippen LogP contribution is -2.43. The largest absolute Gasteiger partial charge is 0.493 e. The zero-order valence-corrected chi connectivity index (χ0v) is 20.9. The van der Waals surface area contributed by atoms with Gasteiger partial charge in [-0.25, -0.2) is 13.1 Å². The zero-order chi connectivity index (χ0) is 24.7. The molecule has 0 spiro atoms. The molecule has 1 heterocycles. The minimum absolute atomic E-state index is 0.128. The van der Waals surface area contributed by atoms with Crippen molar-refractivity contribution in [1.82, 2.24) is 9.62 Å². The lowest BCUT2D eigenvalue weighted by molar-refractivity contribution is -0.117. The highest BCUT2D eigenvalue weighted by molar-refractivity contribution is 7.89. The highest BCUT2D eigenvalue weighted by atomic mass is 32.2. The van der Waals surface area contributed by atoms with Gasteiger partial charge in [0, 0.05) is 30.9 Å². The Kier molecular flexibility index (Phi) is 8.76. The summed E-state index contributed by atoms with van der Waals surface area (Å²) in [5, 5.41) is 2.88. The van der Waals surface area contributed by atoms with Crippen LogP contribution in [0.15, 0.2) is 41.3 Å². The van der Waals surface area contributed by atoms with Crippen molar-refractivity contribution in [3.8, 4) is 17.2 Å². The highest BCUT2D eigenvalue weighted by Gasteiger charge is 2.24. The lowest BCUT2D eigenvalue weighted by atomic mass is 9.98. The summed E-state index contributed by atoms with van der Waals surface area (Å²) in [4.78, 5) is 15.0. The number of benzene rings is 2. The third-order valence-electron chi connectivity index (χ3n) is 5.81. The predicted octanol–water partition coefficient (Wildman–Crippen LogP) is 2.65. The van der Waals surface area contributed by atoms with Crippen LogP contribution in [0.25, 0.3) is 0 Å². The Morgan fingerprint density at radius 1 is 1.06 bits per heavy atom. The summed E-state index contributed by atoms with van der Waals surface area (Å²) in [6.07, 6.45) is 1.80. The van der Waals surface area contributed by atoms with Gasteiger partial charge >= 0.3 is 0 Å². The van der Waals surface area contributed by atoms with Gasteiger partial charge in [0.25, 0.3) is 0 Å². The third kappa shape index (κ3) is 6.62. The number of amides is 1. The Morgan fingerprint density at radius 2 is 1.71 bits per heavy atom. The van der Waals surface area contributed by atoms with E-state index in [1.165, 1.54) is 21.3 Å². The van der Waals surface area contributed by atoms with Crippen LogP contribution < -0.4 is 24.2 Å². The van der Waals surface area contributed by atoms with Crippen LogP contribution in [0.2, 0.25) is 0 Å². The fourth-order valence-corrected chi connectivity index (χ4v) is 5.16. The lowest BCUT2D eigenvalue weighted by Gasteiger charge is -2.32. The van der Waals surface area contributed by atoms with Gasteiger partial charge in [-0.3, -0.25) is 9.69 Å². The summed E-state index contributed by atoms with van der Waals surface area (Å²) in [7, 11) is 0.997. The fourth-order valence-electron chi connectivity index (χ4n) is 4.05. The number of carbonyl (C=O) groups is 1. The Morgan fingerprint density at radius 3 is 2.29 bits per heavy atom. The summed E-state index contributed by atoms with van der Waals surface area (Å²) < 4.78 is 43.9. The summed E-state index contributed by atoms with van der Waals surface area (Å²) in [6.45, 7) is 3.88. The van der Waals surface area contributed by atoms with E-state index in [1.54, 1.807) is 36.4 Å². The van der Waals surface area contributed by atoms with Crippen molar-refractivity contribution < 1.29 is 27.4 Å². The molecule has 2 aromatic rings. The molecule has 10 heteroatoms. The molecule has 0 saturated carbocycles. The Labute approximate surface area is 201 Å². The van der Waals surface area contributed by atoms with Crippen molar-refractivity contribution in [2.45, 2.75) is 24.7 Å². The maximum absolute atomic E-state index is 12.7. The van der Waals surface area contributed by atoms with Gasteiger partial charge in [0.1, 0.15) is 0 Å². The average molecular weight is 492 g/mol. The third-order valence-corrected chi connectivity index (χ3v) is 7.25. The standard InChI is InChI=1S/C24H33N3O6S/c1-17-7-9-20(10-8-17)34(29,30)25-14-18-6-5-11-27(15-18)16-23(28)26-19-12-21(31-2)24(33-4)22(13-19)32-3/h7-10,12-13,18,25H,5-6,11,14-16H2,1-4H3,(H,26,28). The van der Waals surface area contributed by atoms with E-state index in [2.05, 4.69) is 10.0 Å². The van der Waals surface area contributed by atoms with E-state index >= 15 is 0 Å². The second-order valence-electron chi connectivity index (χ2n) is 8.37. The maximum Gasteiger partial charge on any atom is 0.240 e. The predicted molar refractivity (Wildman–Crippen MR) is 130 cm³/mol. The molecule has 1 aliphatic heterocycles. The first kappa shape index (κ1) is 25.8. The first-order chi connectivity index (χ1) is 16.2. The van der Waals surface area contributed by atoms with Crippen molar-refractivity contribution in [2.24, 2.45) is 5.92 Å². The molecule has 3 rings (SSSR count). The van der Waals surface area contributed by atoms with Crippen molar-refractivity contribution in [1.29, 1.82) is 0 Å². The van der Waals surface area contributed by atoms with E-state index in [1.807, 2.05) is 11.8 Å². The number of likely N-dealkylation sites (tertiary alicyclic amines) is 1. The van der Waals surface area contributed by atoms with Crippen molar-refractivity contribution >= 4 is 21.6 Å². The average Bonchev–Trinajstić information content (AvgIpc) is 2.82. The highest BCUT2D eigenvalue weighted by Crippen LogP contribution is 2.39. The molecule has 186 valence electrons. The van der Waals surface area contributed by atoms with E-state index in [9.17, 15) is 13.2 Å². The van der Waals surface area contributed by atoms with Crippen LogP contribution in [-0.2, 0) is 14.8 Å². The number of ether oxygens (including phenoxy) is 3. The molecular weight excluding hydrogens is 458 g/mol. The van der Waals surface area contributed by atoms with E-state index in [4.69, 9.17) is 14.2 Å². The first-order valence-electron chi connectivity index (χ1n) is 11.1. The van der Waals surface area contributed by atoms with Crippen LogP contribution in [0.5, 0.6) is 17.2 Å². The summed E-state index contributed by atoms with van der Waals surface area (Å²) in [5.41, 5.74) is 1.55. The van der Waals surface area contributed by atoms with Gasteiger partial charge in [-0.05, 0) is 44.4 Å². The molecular formula is C24H33N3O6S. The number of hydrogen-bond acceptors (Lipinski definition) is 7. The molecule has 1 unspecified atom stereocenters. The van der Waals surface area contributed by atoms with Gasteiger partial charge < -0.3 is 19.5 Å². The number of carbonyl (C=O) groups excluding carboxylic acids is 1. The van der Waals surface area contributed by atoms with Gasteiger partial charge in [0.2, 0.25) is 21.7 Å². The zero-order valence-electron chi connectivity index (χ0n) is 20.1. The molecule has 1 fully saturated rings. The van der Waals surface area contributed by atoms with Crippen molar-refractivity contribution in [3.63, 3.8) is 0 Å². The van der Waals surface area contributed by atoms with Crippen LogP contribution in [-0.4, -0.2) is 66.7 Å². The minimum atomic E-state index is -3.56. The molecule has 1 aliphatic rings. The molecule has 34 heavy (non-hydrogen) atoms. The van der Waals surface area contributed by atoms with Crippen LogP contribution in [0.3, 0.4) is 0 Å². The van der Waals surface area contributed by atoms with Crippen molar-refractivity contribution in [2.75, 3.05) is 52.8 Å². The van der Waals surface area contributed by atoms with Crippen LogP contribution in [0, 0.1) is 12.8 Å². The SMILES string of the molecule is COc1cc(NC(=O)CN2CCCC(CNS(=O)(=O)c3ccc(C)cc3)C2)cc(OC)c1OC. The molecule has 2 N–H and O–H groups in total. The number of aryl methyl sites for hydroxylation is 1. The molecule has 1 saturated heterocycles. The Bertz CT molecular complexity index is 1060. The number of sulfonamides is 1. The van der Waals surface area contributed by atoms with Crippen LogP contribution in [0.4, 0.5) is 5.69 Å². The monoisotopic (exact) mass is 491 g/mol. The van der Waals surface area contributed by atoms with E-state index in [0.29, 0.717) is 36.0 Å². The summed E-state index contributed by atoms with van der Waals surface area (Å²) >= 11 is 0. The summed E-state index contributed by atoms with van der Waals surface area (Å²) in [6, 6.07) is 10.1. The maximum atomic E-state index is 12.7. The second-order valence-corrected chi connectivity index (χ2v) is 10.1. The number of methoxy groups -OCH3 is 3.